The lowest BCUT2D eigenvalue weighted by Crippen LogP contribution is -2.44. The first kappa shape index (κ1) is 21.1. The SMILES string of the molecule is CN(CCCOc1ccccc1)C(=O)CN1CCC(OC2CCCCC2)CC1. The zero-order chi connectivity index (χ0) is 19.6. The van der Waals surface area contributed by atoms with Crippen LogP contribution in [0.1, 0.15) is 51.4 Å². The van der Waals surface area contributed by atoms with E-state index in [0.717, 1.165) is 44.6 Å². The molecule has 1 saturated carbocycles. The van der Waals surface area contributed by atoms with E-state index in [1.165, 1.54) is 32.1 Å². The number of likely N-dealkylation sites (tertiary alicyclic amines) is 1. The molecular weight excluding hydrogens is 352 g/mol. The number of ether oxygens (including phenoxy) is 2. The monoisotopic (exact) mass is 388 g/mol. The zero-order valence-electron chi connectivity index (χ0n) is 17.4. The van der Waals surface area contributed by atoms with Crippen molar-refractivity contribution in [2.45, 2.75) is 63.6 Å². The van der Waals surface area contributed by atoms with Gasteiger partial charge in [0.25, 0.3) is 0 Å². The summed E-state index contributed by atoms with van der Waals surface area (Å²) < 4.78 is 12.0. The van der Waals surface area contributed by atoms with E-state index >= 15 is 0 Å². The molecule has 0 bridgehead atoms. The summed E-state index contributed by atoms with van der Waals surface area (Å²) in [6.07, 6.45) is 10.3. The maximum Gasteiger partial charge on any atom is 0.236 e. The second-order valence-electron chi connectivity index (χ2n) is 8.20. The number of likely N-dealkylation sites (N-methyl/N-ethyl adjacent to an activating group) is 1. The molecule has 0 radical (unpaired) electrons. The standard InChI is InChI=1S/C23H36N2O3/c1-24(15-8-18-27-20-9-4-2-5-10-20)23(26)19-25-16-13-22(14-17-25)28-21-11-6-3-7-12-21/h2,4-5,9-10,21-22H,3,6-8,11-19H2,1H3. The van der Waals surface area contributed by atoms with Crippen LogP contribution < -0.4 is 4.74 Å². The molecule has 1 aromatic carbocycles. The number of carbonyl (C=O) groups is 1. The number of carbonyl (C=O) groups excluding carboxylic acids is 1. The maximum absolute atomic E-state index is 12.5. The van der Waals surface area contributed by atoms with Crippen LogP contribution in [0.4, 0.5) is 0 Å². The number of benzene rings is 1. The van der Waals surface area contributed by atoms with Gasteiger partial charge in [0.05, 0.1) is 25.4 Å². The van der Waals surface area contributed by atoms with Crippen molar-refractivity contribution in [1.29, 1.82) is 0 Å². The first-order valence-electron chi connectivity index (χ1n) is 11.0. The van der Waals surface area contributed by atoms with Crippen molar-refractivity contribution >= 4 is 5.91 Å². The number of amides is 1. The normalized spacial score (nSPS) is 19.5. The smallest absolute Gasteiger partial charge is 0.236 e. The van der Waals surface area contributed by atoms with Crippen LogP contribution in [0.2, 0.25) is 0 Å². The summed E-state index contributed by atoms with van der Waals surface area (Å²) >= 11 is 0. The average Bonchev–Trinajstić information content (AvgIpc) is 2.74. The molecule has 0 spiro atoms. The molecule has 5 heteroatoms. The molecule has 3 rings (SSSR count). The molecule has 0 N–H and O–H groups in total. The largest absolute Gasteiger partial charge is 0.494 e. The van der Waals surface area contributed by atoms with Gasteiger partial charge in [0.1, 0.15) is 5.75 Å². The zero-order valence-corrected chi connectivity index (χ0v) is 17.4. The Hall–Kier alpha value is -1.59. The summed E-state index contributed by atoms with van der Waals surface area (Å²) in [5.41, 5.74) is 0. The lowest BCUT2D eigenvalue weighted by Gasteiger charge is -2.35. The summed E-state index contributed by atoms with van der Waals surface area (Å²) in [6, 6.07) is 9.82. The average molecular weight is 389 g/mol. The Balaban J connectivity index is 1.27. The minimum absolute atomic E-state index is 0.200. The molecule has 1 aliphatic carbocycles. The van der Waals surface area contributed by atoms with Crippen LogP contribution in [0, 0.1) is 0 Å². The predicted octanol–water partition coefficient (Wildman–Crippen LogP) is 3.73. The van der Waals surface area contributed by atoms with Gasteiger partial charge in [0, 0.05) is 26.7 Å². The van der Waals surface area contributed by atoms with Crippen molar-refractivity contribution in [3.05, 3.63) is 30.3 Å². The van der Waals surface area contributed by atoms with Crippen LogP contribution in [-0.4, -0.2) is 67.7 Å². The first-order chi connectivity index (χ1) is 13.7. The highest BCUT2D eigenvalue weighted by molar-refractivity contribution is 5.77. The van der Waals surface area contributed by atoms with E-state index in [4.69, 9.17) is 9.47 Å². The third-order valence-electron chi connectivity index (χ3n) is 5.91. The number of rotatable bonds is 9. The fourth-order valence-corrected chi connectivity index (χ4v) is 4.12. The fourth-order valence-electron chi connectivity index (χ4n) is 4.12. The number of nitrogens with zero attached hydrogens (tertiary/aromatic N) is 2. The Labute approximate surface area is 170 Å². The van der Waals surface area contributed by atoms with Gasteiger partial charge in [-0.2, -0.15) is 0 Å². The Morgan fingerprint density at radius 2 is 1.71 bits per heavy atom. The lowest BCUT2D eigenvalue weighted by atomic mass is 9.97. The first-order valence-corrected chi connectivity index (χ1v) is 11.0. The highest BCUT2D eigenvalue weighted by atomic mass is 16.5. The predicted molar refractivity (Wildman–Crippen MR) is 112 cm³/mol. The highest BCUT2D eigenvalue weighted by Crippen LogP contribution is 2.24. The molecule has 1 saturated heterocycles. The van der Waals surface area contributed by atoms with Crippen LogP contribution in [-0.2, 0) is 9.53 Å². The number of hydrogen-bond acceptors (Lipinski definition) is 4. The van der Waals surface area contributed by atoms with Gasteiger partial charge in [-0.3, -0.25) is 9.69 Å². The van der Waals surface area contributed by atoms with E-state index in [0.29, 0.717) is 25.4 Å². The van der Waals surface area contributed by atoms with Gasteiger partial charge < -0.3 is 14.4 Å². The van der Waals surface area contributed by atoms with Crippen molar-refractivity contribution in [2.75, 3.05) is 39.8 Å². The molecule has 1 heterocycles. The molecule has 1 aromatic rings. The van der Waals surface area contributed by atoms with Crippen molar-refractivity contribution < 1.29 is 14.3 Å². The van der Waals surface area contributed by atoms with Gasteiger partial charge in [-0.15, -0.1) is 0 Å². The van der Waals surface area contributed by atoms with Crippen LogP contribution >= 0.6 is 0 Å². The number of piperidine rings is 1. The highest BCUT2D eigenvalue weighted by Gasteiger charge is 2.25. The van der Waals surface area contributed by atoms with Crippen LogP contribution in [0.5, 0.6) is 5.75 Å². The molecule has 0 unspecified atom stereocenters. The fraction of sp³-hybridized carbons (Fsp3) is 0.696. The van der Waals surface area contributed by atoms with Crippen molar-refractivity contribution in [2.24, 2.45) is 0 Å². The van der Waals surface area contributed by atoms with E-state index in [1.54, 1.807) is 0 Å². The molecule has 2 fully saturated rings. The molecule has 1 amide bonds. The molecule has 2 aliphatic rings. The van der Waals surface area contributed by atoms with E-state index in [1.807, 2.05) is 42.3 Å². The van der Waals surface area contributed by atoms with Gasteiger partial charge in [-0.25, -0.2) is 0 Å². The minimum Gasteiger partial charge on any atom is -0.494 e. The van der Waals surface area contributed by atoms with Crippen LogP contribution in [0.3, 0.4) is 0 Å². The van der Waals surface area contributed by atoms with Crippen molar-refractivity contribution in [1.82, 2.24) is 9.80 Å². The van der Waals surface area contributed by atoms with Crippen LogP contribution in [0.15, 0.2) is 30.3 Å². The van der Waals surface area contributed by atoms with E-state index in [9.17, 15) is 4.79 Å². The molecule has 0 atom stereocenters. The summed E-state index contributed by atoms with van der Waals surface area (Å²) in [6.45, 7) is 3.81. The quantitative estimate of drug-likeness (QED) is 0.605. The van der Waals surface area contributed by atoms with Gasteiger partial charge >= 0.3 is 0 Å². The second-order valence-corrected chi connectivity index (χ2v) is 8.20. The summed E-state index contributed by atoms with van der Waals surface area (Å²) in [5.74, 6) is 1.08. The van der Waals surface area contributed by atoms with E-state index in [-0.39, 0.29) is 5.91 Å². The van der Waals surface area contributed by atoms with Crippen LogP contribution in [0.25, 0.3) is 0 Å². The summed E-state index contributed by atoms with van der Waals surface area (Å²) in [5, 5.41) is 0. The molecule has 1 aliphatic heterocycles. The van der Waals surface area contributed by atoms with E-state index in [2.05, 4.69) is 4.90 Å². The molecule has 5 nitrogen and oxygen atoms in total. The van der Waals surface area contributed by atoms with E-state index < -0.39 is 0 Å². The number of para-hydroxylation sites is 1. The molecule has 28 heavy (non-hydrogen) atoms. The second kappa shape index (κ2) is 11.4. The summed E-state index contributed by atoms with van der Waals surface area (Å²) in [4.78, 5) is 16.6. The lowest BCUT2D eigenvalue weighted by molar-refractivity contribution is -0.132. The number of hydrogen-bond donors (Lipinski definition) is 0. The third kappa shape index (κ3) is 7.10. The molecule has 156 valence electrons. The van der Waals surface area contributed by atoms with Gasteiger partial charge in [-0.05, 0) is 44.2 Å². The van der Waals surface area contributed by atoms with Gasteiger partial charge in [0.15, 0.2) is 0 Å². The summed E-state index contributed by atoms with van der Waals surface area (Å²) in [7, 11) is 1.89. The van der Waals surface area contributed by atoms with Gasteiger partial charge in [0.2, 0.25) is 5.91 Å². The topological polar surface area (TPSA) is 42.0 Å². The van der Waals surface area contributed by atoms with Crippen molar-refractivity contribution in [3.63, 3.8) is 0 Å². The Bertz CT molecular complexity index is 566. The third-order valence-corrected chi connectivity index (χ3v) is 5.91. The maximum atomic E-state index is 12.5. The Kier molecular flexibility index (Phi) is 8.62. The molecular formula is C23H36N2O3. The van der Waals surface area contributed by atoms with Crippen molar-refractivity contribution in [3.8, 4) is 5.75 Å². The Morgan fingerprint density at radius 3 is 2.43 bits per heavy atom. The van der Waals surface area contributed by atoms with Gasteiger partial charge in [-0.1, -0.05) is 37.5 Å². The molecule has 0 aromatic heterocycles. The minimum atomic E-state index is 0.200. The Morgan fingerprint density at radius 1 is 1.04 bits per heavy atom.